The van der Waals surface area contributed by atoms with E-state index in [1.54, 1.807) is 31.2 Å². The van der Waals surface area contributed by atoms with Crippen LogP contribution in [0.3, 0.4) is 0 Å². The van der Waals surface area contributed by atoms with Crippen molar-refractivity contribution >= 4 is 16.8 Å². The molecule has 0 spiro atoms. The van der Waals surface area contributed by atoms with Crippen LogP contribution in [0, 0.1) is 5.82 Å². The van der Waals surface area contributed by atoms with E-state index >= 15 is 0 Å². The first-order valence-corrected chi connectivity index (χ1v) is 8.80. The molecule has 1 fully saturated rings. The molecule has 1 aromatic heterocycles. The molecule has 2 aromatic carbocycles. The summed E-state index contributed by atoms with van der Waals surface area (Å²) in [4.78, 5) is 38.7. The van der Waals surface area contributed by atoms with Crippen LogP contribution in [0.25, 0.3) is 16.6 Å². The summed E-state index contributed by atoms with van der Waals surface area (Å²) in [6.45, 7) is 1.63. The molecule has 0 aliphatic heterocycles. The van der Waals surface area contributed by atoms with Crippen LogP contribution in [0.1, 0.15) is 25.8 Å². The number of halogens is 1. The van der Waals surface area contributed by atoms with Gasteiger partial charge >= 0.3 is 5.69 Å². The molecule has 0 saturated heterocycles. The van der Waals surface area contributed by atoms with Crippen molar-refractivity contribution in [2.24, 2.45) is 0 Å². The molecule has 0 radical (unpaired) electrons. The number of para-hydroxylation sites is 1. The molecule has 1 aliphatic rings. The minimum absolute atomic E-state index is 0.157. The zero-order valence-corrected chi connectivity index (χ0v) is 14.7. The van der Waals surface area contributed by atoms with Crippen molar-refractivity contribution in [2.75, 3.05) is 0 Å². The van der Waals surface area contributed by atoms with Crippen LogP contribution in [-0.2, 0) is 4.79 Å². The molecular weight excluding hydrogens is 349 g/mol. The van der Waals surface area contributed by atoms with Gasteiger partial charge in [0, 0.05) is 6.04 Å². The summed E-state index contributed by atoms with van der Waals surface area (Å²) in [6, 6.07) is 11.1. The van der Waals surface area contributed by atoms with Crippen LogP contribution < -0.4 is 16.6 Å². The summed E-state index contributed by atoms with van der Waals surface area (Å²) in [7, 11) is 0. The van der Waals surface area contributed by atoms with Gasteiger partial charge in [-0.15, -0.1) is 0 Å². The fourth-order valence-electron chi connectivity index (χ4n) is 3.14. The molecular formula is C20H18FN3O3. The zero-order valence-electron chi connectivity index (χ0n) is 14.7. The number of amides is 1. The van der Waals surface area contributed by atoms with Crippen molar-refractivity contribution in [3.63, 3.8) is 0 Å². The van der Waals surface area contributed by atoms with Crippen LogP contribution in [-0.4, -0.2) is 21.1 Å². The Kier molecular flexibility index (Phi) is 4.14. The summed E-state index contributed by atoms with van der Waals surface area (Å²) < 4.78 is 15.6. The molecule has 1 saturated carbocycles. The maximum Gasteiger partial charge on any atom is 0.336 e. The third-order valence-electron chi connectivity index (χ3n) is 4.77. The van der Waals surface area contributed by atoms with Gasteiger partial charge in [0.25, 0.3) is 5.56 Å². The minimum Gasteiger partial charge on any atom is -0.352 e. The number of benzene rings is 2. The van der Waals surface area contributed by atoms with E-state index in [4.69, 9.17) is 0 Å². The highest BCUT2D eigenvalue weighted by molar-refractivity contribution is 5.84. The summed E-state index contributed by atoms with van der Waals surface area (Å²) in [5.41, 5.74) is -0.498. The van der Waals surface area contributed by atoms with E-state index in [9.17, 15) is 18.8 Å². The van der Waals surface area contributed by atoms with E-state index in [0.717, 1.165) is 17.4 Å². The summed E-state index contributed by atoms with van der Waals surface area (Å²) in [5, 5.41) is 3.20. The molecule has 4 rings (SSSR count). The second kappa shape index (κ2) is 6.50. The number of nitrogens with one attached hydrogen (secondary N) is 1. The lowest BCUT2D eigenvalue weighted by atomic mass is 10.2. The number of hydrogen-bond acceptors (Lipinski definition) is 3. The Morgan fingerprint density at radius 2 is 1.78 bits per heavy atom. The maximum absolute atomic E-state index is 13.3. The van der Waals surface area contributed by atoms with E-state index in [-0.39, 0.29) is 17.6 Å². The standard InChI is InChI=1S/C20H18FN3O3/c1-12(18(25)22-14-8-9-14)23-17-5-3-2-4-16(17)19(26)24(20(23)27)15-10-6-13(21)7-11-15/h2-7,10-12,14H,8-9H2,1H3,(H,22,25)/t12-/m1/s1. The minimum atomic E-state index is -0.796. The Morgan fingerprint density at radius 1 is 1.11 bits per heavy atom. The molecule has 138 valence electrons. The molecule has 1 heterocycles. The quantitative estimate of drug-likeness (QED) is 0.768. The van der Waals surface area contributed by atoms with Crippen molar-refractivity contribution in [3.05, 3.63) is 75.2 Å². The van der Waals surface area contributed by atoms with Crippen LogP contribution in [0.5, 0.6) is 0 Å². The normalized spacial score (nSPS) is 14.9. The van der Waals surface area contributed by atoms with Crippen LogP contribution in [0.2, 0.25) is 0 Å². The van der Waals surface area contributed by atoms with Gasteiger partial charge in [0.2, 0.25) is 5.91 Å². The molecule has 0 bridgehead atoms. The molecule has 27 heavy (non-hydrogen) atoms. The third-order valence-corrected chi connectivity index (χ3v) is 4.77. The SMILES string of the molecule is C[C@H](C(=O)NC1CC1)n1c(=O)n(-c2ccc(F)cc2)c(=O)c2ccccc21. The highest BCUT2D eigenvalue weighted by atomic mass is 19.1. The molecule has 1 aliphatic carbocycles. The van der Waals surface area contributed by atoms with Gasteiger partial charge in [0.15, 0.2) is 0 Å². The van der Waals surface area contributed by atoms with E-state index in [0.29, 0.717) is 10.9 Å². The lowest BCUT2D eigenvalue weighted by Gasteiger charge is -2.19. The number of fused-ring (bicyclic) bond motifs is 1. The largest absolute Gasteiger partial charge is 0.352 e. The fraction of sp³-hybridized carbons (Fsp3) is 0.250. The number of carbonyl (C=O) groups excluding carboxylic acids is 1. The van der Waals surface area contributed by atoms with E-state index in [1.807, 2.05) is 0 Å². The highest BCUT2D eigenvalue weighted by Crippen LogP contribution is 2.21. The topological polar surface area (TPSA) is 73.1 Å². The predicted molar refractivity (Wildman–Crippen MR) is 99.6 cm³/mol. The average molecular weight is 367 g/mol. The Balaban J connectivity index is 1.97. The fourth-order valence-corrected chi connectivity index (χ4v) is 3.14. The van der Waals surface area contributed by atoms with Gasteiger partial charge in [-0.05, 0) is 56.2 Å². The number of rotatable bonds is 4. The van der Waals surface area contributed by atoms with Gasteiger partial charge in [0.05, 0.1) is 16.6 Å². The molecule has 6 nitrogen and oxygen atoms in total. The second-order valence-electron chi connectivity index (χ2n) is 6.75. The van der Waals surface area contributed by atoms with E-state index in [2.05, 4.69) is 5.32 Å². The highest BCUT2D eigenvalue weighted by Gasteiger charge is 2.28. The van der Waals surface area contributed by atoms with Gasteiger partial charge in [0.1, 0.15) is 11.9 Å². The molecule has 1 atom stereocenters. The summed E-state index contributed by atoms with van der Waals surface area (Å²) in [6.07, 6.45) is 1.87. The van der Waals surface area contributed by atoms with Crippen molar-refractivity contribution in [3.8, 4) is 5.69 Å². The lowest BCUT2D eigenvalue weighted by molar-refractivity contribution is -0.124. The van der Waals surface area contributed by atoms with Crippen molar-refractivity contribution in [2.45, 2.75) is 31.8 Å². The van der Waals surface area contributed by atoms with Crippen LogP contribution in [0.4, 0.5) is 4.39 Å². The molecule has 0 unspecified atom stereocenters. The first-order chi connectivity index (χ1) is 13.0. The predicted octanol–water partition coefficient (Wildman–Crippen LogP) is 2.13. The van der Waals surface area contributed by atoms with E-state index < -0.39 is 23.1 Å². The van der Waals surface area contributed by atoms with Gasteiger partial charge in [-0.3, -0.25) is 14.2 Å². The first-order valence-electron chi connectivity index (χ1n) is 8.80. The maximum atomic E-state index is 13.3. The monoisotopic (exact) mass is 367 g/mol. The van der Waals surface area contributed by atoms with Crippen LogP contribution >= 0.6 is 0 Å². The Morgan fingerprint density at radius 3 is 2.44 bits per heavy atom. The smallest absolute Gasteiger partial charge is 0.336 e. The average Bonchev–Trinajstić information content (AvgIpc) is 3.47. The Labute approximate surface area is 153 Å². The zero-order chi connectivity index (χ0) is 19.1. The molecule has 1 N–H and O–H groups in total. The molecule has 1 amide bonds. The van der Waals surface area contributed by atoms with Gasteiger partial charge < -0.3 is 5.32 Å². The van der Waals surface area contributed by atoms with Gasteiger partial charge in [-0.2, -0.15) is 0 Å². The summed E-state index contributed by atoms with van der Waals surface area (Å²) >= 11 is 0. The third kappa shape index (κ3) is 3.05. The number of aromatic nitrogens is 2. The number of carbonyl (C=O) groups is 1. The van der Waals surface area contributed by atoms with Gasteiger partial charge in [-0.25, -0.2) is 13.8 Å². The Bertz CT molecular complexity index is 1140. The molecule has 3 aromatic rings. The van der Waals surface area contributed by atoms with Crippen LogP contribution in [0.15, 0.2) is 58.1 Å². The lowest BCUT2D eigenvalue weighted by Crippen LogP contribution is -2.44. The van der Waals surface area contributed by atoms with Crippen molar-refractivity contribution in [1.82, 2.24) is 14.5 Å². The summed E-state index contributed by atoms with van der Waals surface area (Å²) in [5.74, 6) is -0.737. The van der Waals surface area contributed by atoms with Gasteiger partial charge in [-0.1, -0.05) is 12.1 Å². The number of nitrogens with zero attached hydrogens (tertiary/aromatic N) is 2. The first kappa shape index (κ1) is 17.2. The second-order valence-corrected chi connectivity index (χ2v) is 6.75. The molecule has 7 heteroatoms. The van der Waals surface area contributed by atoms with Crippen molar-refractivity contribution < 1.29 is 9.18 Å². The van der Waals surface area contributed by atoms with Crippen molar-refractivity contribution in [1.29, 1.82) is 0 Å². The number of hydrogen-bond donors (Lipinski definition) is 1. The Hall–Kier alpha value is -3.22. The van der Waals surface area contributed by atoms with E-state index in [1.165, 1.54) is 28.8 Å².